The summed E-state index contributed by atoms with van der Waals surface area (Å²) in [6, 6.07) is 2.61. The quantitative estimate of drug-likeness (QED) is 0.867. The number of nitrogens with one attached hydrogen (secondary N) is 1. The molecule has 3 heteroatoms. The van der Waals surface area contributed by atoms with Crippen LogP contribution < -0.4 is 11.1 Å². The van der Waals surface area contributed by atoms with E-state index in [0.29, 0.717) is 23.3 Å². The van der Waals surface area contributed by atoms with Crippen molar-refractivity contribution in [1.29, 1.82) is 0 Å². The van der Waals surface area contributed by atoms with Crippen LogP contribution in [0.15, 0.2) is 10.5 Å². The van der Waals surface area contributed by atoms with Crippen LogP contribution in [0.25, 0.3) is 0 Å². The summed E-state index contributed by atoms with van der Waals surface area (Å²) in [4.78, 5) is 0. The molecule has 2 atom stereocenters. The van der Waals surface area contributed by atoms with Gasteiger partial charge < -0.3 is 15.5 Å². The lowest BCUT2D eigenvalue weighted by Gasteiger charge is -2.35. The van der Waals surface area contributed by atoms with E-state index in [4.69, 9.17) is 10.2 Å². The summed E-state index contributed by atoms with van der Waals surface area (Å²) >= 11 is 0. The van der Waals surface area contributed by atoms with Crippen LogP contribution in [0.2, 0.25) is 0 Å². The Balaban J connectivity index is 2.11. The molecule has 1 aliphatic carbocycles. The normalized spacial score (nSPS) is 22.9. The van der Waals surface area contributed by atoms with Crippen molar-refractivity contribution in [3.63, 3.8) is 0 Å². The SMILES string of the molecule is Cc1cc2c(o1)CC(C)(C)CC2NCC(CN)C(C)C. The first-order valence-corrected chi connectivity index (χ1v) is 7.85. The highest BCUT2D eigenvalue weighted by molar-refractivity contribution is 5.29. The van der Waals surface area contributed by atoms with Crippen molar-refractivity contribution in [3.8, 4) is 0 Å². The molecule has 0 aliphatic heterocycles. The van der Waals surface area contributed by atoms with Crippen molar-refractivity contribution in [1.82, 2.24) is 5.32 Å². The Bertz CT molecular complexity index is 448. The average Bonchev–Trinajstić information content (AvgIpc) is 2.68. The summed E-state index contributed by atoms with van der Waals surface area (Å²) in [7, 11) is 0. The molecule has 1 heterocycles. The first-order chi connectivity index (χ1) is 9.32. The van der Waals surface area contributed by atoms with E-state index in [0.717, 1.165) is 31.7 Å². The molecule has 0 saturated carbocycles. The first kappa shape index (κ1) is 15.6. The Kier molecular flexibility index (Phi) is 4.60. The topological polar surface area (TPSA) is 51.2 Å². The van der Waals surface area contributed by atoms with Crippen molar-refractivity contribution in [2.75, 3.05) is 13.1 Å². The molecule has 2 unspecified atom stereocenters. The predicted molar refractivity (Wildman–Crippen MR) is 83.7 cm³/mol. The molecule has 3 N–H and O–H groups in total. The van der Waals surface area contributed by atoms with Crippen LogP contribution in [0.3, 0.4) is 0 Å². The fourth-order valence-corrected chi connectivity index (χ4v) is 3.25. The van der Waals surface area contributed by atoms with Crippen molar-refractivity contribution in [3.05, 3.63) is 23.2 Å². The minimum Gasteiger partial charge on any atom is -0.466 e. The molecule has 0 spiro atoms. The van der Waals surface area contributed by atoms with Crippen molar-refractivity contribution in [2.24, 2.45) is 23.0 Å². The van der Waals surface area contributed by atoms with Gasteiger partial charge in [0.05, 0.1) is 0 Å². The highest BCUT2D eigenvalue weighted by Gasteiger charge is 2.34. The number of rotatable bonds is 5. The third kappa shape index (κ3) is 3.44. The molecular formula is C17H30N2O. The number of furan rings is 1. The van der Waals surface area contributed by atoms with Gasteiger partial charge in [0.15, 0.2) is 0 Å². The fourth-order valence-electron chi connectivity index (χ4n) is 3.25. The molecule has 114 valence electrons. The van der Waals surface area contributed by atoms with Gasteiger partial charge in [-0.2, -0.15) is 0 Å². The highest BCUT2D eigenvalue weighted by atomic mass is 16.3. The van der Waals surface area contributed by atoms with Gasteiger partial charge in [-0.3, -0.25) is 0 Å². The maximum absolute atomic E-state index is 5.89. The second-order valence-electron chi connectivity index (χ2n) is 7.48. The Morgan fingerprint density at radius 2 is 2.15 bits per heavy atom. The van der Waals surface area contributed by atoms with Crippen molar-refractivity contribution in [2.45, 2.75) is 53.5 Å². The Hall–Kier alpha value is -0.800. The number of nitrogens with two attached hydrogens (primary N) is 1. The molecule has 0 amide bonds. The summed E-state index contributed by atoms with van der Waals surface area (Å²) in [6.07, 6.45) is 2.20. The van der Waals surface area contributed by atoms with Gasteiger partial charge in [0, 0.05) is 18.0 Å². The van der Waals surface area contributed by atoms with Gasteiger partial charge in [0.25, 0.3) is 0 Å². The zero-order valence-corrected chi connectivity index (χ0v) is 13.6. The molecule has 0 saturated heterocycles. The van der Waals surface area contributed by atoms with E-state index >= 15 is 0 Å². The minimum atomic E-state index is 0.297. The zero-order chi connectivity index (χ0) is 14.9. The second kappa shape index (κ2) is 5.90. The number of hydrogen-bond donors (Lipinski definition) is 2. The third-order valence-electron chi connectivity index (χ3n) is 4.61. The Morgan fingerprint density at radius 1 is 1.45 bits per heavy atom. The lowest BCUT2D eigenvalue weighted by atomic mass is 9.74. The van der Waals surface area contributed by atoms with Crippen LogP contribution >= 0.6 is 0 Å². The molecule has 3 nitrogen and oxygen atoms in total. The molecule has 0 fully saturated rings. The monoisotopic (exact) mass is 278 g/mol. The Labute approximate surface area is 123 Å². The fraction of sp³-hybridized carbons (Fsp3) is 0.765. The van der Waals surface area contributed by atoms with E-state index < -0.39 is 0 Å². The maximum atomic E-state index is 5.89. The lowest BCUT2D eigenvalue weighted by molar-refractivity contribution is 0.224. The number of hydrogen-bond acceptors (Lipinski definition) is 3. The summed E-state index contributed by atoms with van der Waals surface area (Å²) in [5.74, 6) is 3.36. The van der Waals surface area contributed by atoms with E-state index in [2.05, 4.69) is 39.1 Å². The van der Waals surface area contributed by atoms with Crippen LogP contribution in [0.1, 0.15) is 57.2 Å². The van der Waals surface area contributed by atoms with Gasteiger partial charge in [0.1, 0.15) is 11.5 Å². The lowest BCUT2D eigenvalue weighted by Crippen LogP contribution is -2.38. The summed E-state index contributed by atoms with van der Waals surface area (Å²) < 4.78 is 5.89. The smallest absolute Gasteiger partial charge is 0.109 e. The van der Waals surface area contributed by atoms with Gasteiger partial charge in [-0.25, -0.2) is 0 Å². The number of aryl methyl sites for hydroxylation is 1. The van der Waals surface area contributed by atoms with E-state index in [1.54, 1.807) is 0 Å². The average molecular weight is 278 g/mol. The second-order valence-corrected chi connectivity index (χ2v) is 7.48. The Morgan fingerprint density at radius 3 is 2.75 bits per heavy atom. The third-order valence-corrected chi connectivity index (χ3v) is 4.61. The number of fused-ring (bicyclic) bond motifs is 1. The van der Waals surface area contributed by atoms with E-state index in [9.17, 15) is 0 Å². The molecule has 1 aromatic rings. The molecular weight excluding hydrogens is 248 g/mol. The van der Waals surface area contributed by atoms with Crippen LogP contribution in [0.4, 0.5) is 0 Å². The van der Waals surface area contributed by atoms with Gasteiger partial charge in [0.2, 0.25) is 0 Å². The molecule has 1 aliphatic rings. The molecule has 0 bridgehead atoms. The minimum absolute atomic E-state index is 0.297. The molecule has 2 rings (SSSR count). The maximum Gasteiger partial charge on any atom is 0.109 e. The summed E-state index contributed by atoms with van der Waals surface area (Å²) in [5.41, 5.74) is 7.54. The van der Waals surface area contributed by atoms with Crippen LogP contribution in [0.5, 0.6) is 0 Å². The van der Waals surface area contributed by atoms with Gasteiger partial charge in [-0.05, 0) is 49.8 Å². The van der Waals surface area contributed by atoms with Gasteiger partial charge in [-0.1, -0.05) is 27.7 Å². The zero-order valence-electron chi connectivity index (χ0n) is 13.6. The van der Waals surface area contributed by atoms with Gasteiger partial charge >= 0.3 is 0 Å². The summed E-state index contributed by atoms with van der Waals surface area (Å²) in [6.45, 7) is 12.9. The van der Waals surface area contributed by atoms with E-state index in [-0.39, 0.29) is 0 Å². The summed E-state index contributed by atoms with van der Waals surface area (Å²) in [5, 5.41) is 3.74. The van der Waals surface area contributed by atoms with Crippen LogP contribution in [-0.4, -0.2) is 13.1 Å². The van der Waals surface area contributed by atoms with E-state index in [1.807, 2.05) is 6.92 Å². The molecule has 0 radical (unpaired) electrons. The van der Waals surface area contributed by atoms with Crippen LogP contribution in [0, 0.1) is 24.2 Å². The molecule has 1 aromatic heterocycles. The van der Waals surface area contributed by atoms with Crippen molar-refractivity contribution < 1.29 is 4.42 Å². The predicted octanol–water partition coefficient (Wildman–Crippen LogP) is 3.42. The first-order valence-electron chi connectivity index (χ1n) is 7.85. The van der Waals surface area contributed by atoms with E-state index in [1.165, 1.54) is 11.3 Å². The highest BCUT2D eigenvalue weighted by Crippen LogP contribution is 2.42. The molecule has 0 aromatic carbocycles. The van der Waals surface area contributed by atoms with Gasteiger partial charge in [-0.15, -0.1) is 0 Å². The standard InChI is InChI=1S/C17H30N2O/c1-11(2)13(9-18)10-19-15-7-17(4,5)8-16-14(15)6-12(3)20-16/h6,11,13,15,19H,7-10,18H2,1-5H3. The molecule has 20 heavy (non-hydrogen) atoms. The van der Waals surface area contributed by atoms with Crippen molar-refractivity contribution >= 4 is 0 Å². The van der Waals surface area contributed by atoms with Crippen LogP contribution in [-0.2, 0) is 6.42 Å². The largest absolute Gasteiger partial charge is 0.466 e.